The molecule has 1 aromatic rings. The Morgan fingerprint density at radius 3 is 2.29 bits per heavy atom. The third-order valence-corrected chi connectivity index (χ3v) is 6.23. The Bertz CT molecular complexity index is 628. The van der Waals surface area contributed by atoms with Crippen molar-refractivity contribution in [3.8, 4) is 0 Å². The van der Waals surface area contributed by atoms with Crippen molar-refractivity contribution < 1.29 is 8.42 Å². The first-order valence-electron chi connectivity index (χ1n) is 7.37. The minimum atomic E-state index is -3.58. The average molecular weight is 324 g/mol. The van der Waals surface area contributed by atoms with E-state index in [0.717, 1.165) is 5.56 Å². The largest absolute Gasteiger partial charge is 0.359 e. The quantitative estimate of drug-likeness (QED) is 0.838. The standard InChI is InChI=1S/C15H20N2O2S2/c1-10-6-8-11(9-7-10)21(18,19)17-15(20)16-14-12-4-2-3-5-13(12)14/h6-9,12-14H,2-5H2,1H3,(H2,16,17,20)/t12-,13-/m0/s1. The molecule has 114 valence electrons. The second-order valence-corrected chi connectivity index (χ2v) is 8.12. The van der Waals surface area contributed by atoms with Crippen LogP contribution in [0.1, 0.15) is 31.2 Å². The van der Waals surface area contributed by atoms with Crippen molar-refractivity contribution in [1.29, 1.82) is 0 Å². The lowest BCUT2D eigenvalue weighted by atomic mass is 10.0. The van der Waals surface area contributed by atoms with Crippen LogP contribution in [0.25, 0.3) is 0 Å². The maximum Gasteiger partial charge on any atom is 0.263 e. The van der Waals surface area contributed by atoms with E-state index in [0.29, 0.717) is 17.9 Å². The van der Waals surface area contributed by atoms with E-state index in [-0.39, 0.29) is 10.0 Å². The molecule has 0 aliphatic heterocycles. The van der Waals surface area contributed by atoms with Gasteiger partial charge in [-0.2, -0.15) is 0 Å². The Kier molecular flexibility index (Phi) is 3.92. The fourth-order valence-corrected chi connectivity index (χ4v) is 4.67. The first kappa shape index (κ1) is 14.8. The lowest BCUT2D eigenvalue weighted by Gasteiger charge is -2.11. The Labute approximate surface area is 131 Å². The van der Waals surface area contributed by atoms with Gasteiger partial charge in [-0.3, -0.25) is 4.72 Å². The highest BCUT2D eigenvalue weighted by atomic mass is 32.2. The third-order valence-electron chi connectivity index (χ3n) is 4.51. The van der Waals surface area contributed by atoms with E-state index < -0.39 is 10.0 Å². The van der Waals surface area contributed by atoms with Crippen LogP contribution < -0.4 is 10.0 Å². The van der Waals surface area contributed by atoms with Crippen LogP contribution >= 0.6 is 12.2 Å². The van der Waals surface area contributed by atoms with Crippen molar-refractivity contribution in [2.24, 2.45) is 11.8 Å². The second-order valence-electron chi connectivity index (χ2n) is 6.03. The predicted octanol–water partition coefficient (Wildman–Crippen LogP) is 2.34. The van der Waals surface area contributed by atoms with E-state index in [9.17, 15) is 8.42 Å². The lowest BCUT2D eigenvalue weighted by Crippen LogP contribution is -2.41. The van der Waals surface area contributed by atoms with Gasteiger partial charge < -0.3 is 5.32 Å². The molecule has 0 radical (unpaired) electrons. The van der Waals surface area contributed by atoms with Gasteiger partial charge in [-0.25, -0.2) is 8.42 Å². The number of sulfonamides is 1. The van der Waals surface area contributed by atoms with Crippen LogP contribution in [0.4, 0.5) is 0 Å². The zero-order valence-electron chi connectivity index (χ0n) is 12.0. The number of nitrogens with one attached hydrogen (secondary N) is 2. The van der Waals surface area contributed by atoms with E-state index in [1.807, 2.05) is 6.92 Å². The molecule has 0 amide bonds. The van der Waals surface area contributed by atoms with Crippen LogP contribution in [0.15, 0.2) is 29.2 Å². The maximum absolute atomic E-state index is 12.2. The fourth-order valence-electron chi connectivity index (χ4n) is 3.29. The van der Waals surface area contributed by atoms with Crippen LogP contribution in [-0.2, 0) is 10.0 Å². The summed E-state index contributed by atoms with van der Waals surface area (Å²) in [7, 11) is -3.58. The number of thiocarbonyl (C=S) groups is 1. The summed E-state index contributed by atoms with van der Waals surface area (Å²) in [4.78, 5) is 0.241. The smallest absolute Gasteiger partial charge is 0.263 e. The van der Waals surface area contributed by atoms with E-state index in [2.05, 4.69) is 10.0 Å². The number of benzene rings is 1. The molecule has 21 heavy (non-hydrogen) atoms. The number of hydrogen-bond acceptors (Lipinski definition) is 3. The molecule has 2 aliphatic rings. The first-order chi connectivity index (χ1) is 9.97. The molecule has 0 bridgehead atoms. The van der Waals surface area contributed by atoms with Gasteiger partial charge in [0.25, 0.3) is 10.0 Å². The van der Waals surface area contributed by atoms with Gasteiger partial charge in [0.1, 0.15) is 0 Å². The van der Waals surface area contributed by atoms with E-state index >= 15 is 0 Å². The summed E-state index contributed by atoms with van der Waals surface area (Å²) in [6.45, 7) is 1.92. The molecule has 2 fully saturated rings. The number of hydrogen-bond donors (Lipinski definition) is 2. The van der Waals surface area contributed by atoms with Crippen molar-refractivity contribution in [3.63, 3.8) is 0 Å². The molecule has 3 rings (SSSR count). The summed E-state index contributed by atoms with van der Waals surface area (Å²) in [5.74, 6) is 1.36. The summed E-state index contributed by atoms with van der Waals surface area (Å²) in [5.41, 5.74) is 1.02. The van der Waals surface area contributed by atoms with Gasteiger partial charge in [0.05, 0.1) is 4.90 Å². The molecule has 2 N–H and O–H groups in total. The molecule has 0 spiro atoms. The molecule has 0 aromatic heterocycles. The minimum absolute atomic E-state index is 0.218. The summed E-state index contributed by atoms with van der Waals surface area (Å²) >= 11 is 5.16. The Hall–Kier alpha value is -1.14. The number of rotatable bonds is 3. The van der Waals surface area contributed by atoms with Crippen molar-refractivity contribution in [1.82, 2.24) is 10.0 Å². The number of aryl methyl sites for hydroxylation is 1. The van der Waals surface area contributed by atoms with Gasteiger partial charge in [-0.15, -0.1) is 0 Å². The molecule has 1 aromatic carbocycles. The van der Waals surface area contributed by atoms with Gasteiger partial charge in [0.15, 0.2) is 5.11 Å². The SMILES string of the molecule is Cc1ccc(S(=O)(=O)NC(=S)NC2[C@H]3CCCC[C@H]23)cc1. The normalized spacial score (nSPS) is 27.6. The van der Waals surface area contributed by atoms with E-state index in [1.165, 1.54) is 25.7 Å². The van der Waals surface area contributed by atoms with E-state index in [1.54, 1.807) is 24.3 Å². The monoisotopic (exact) mass is 324 g/mol. The van der Waals surface area contributed by atoms with Crippen molar-refractivity contribution >= 4 is 27.4 Å². The zero-order valence-corrected chi connectivity index (χ0v) is 13.6. The fraction of sp³-hybridized carbons (Fsp3) is 0.533. The second kappa shape index (κ2) is 5.57. The number of fused-ring (bicyclic) bond motifs is 1. The predicted molar refractivity (Wildman–Crippen MR) is 86.5 cm³/mol. The van der Waals surface area contributed by atoms with Crippen LogP contribution in [-0.4, -0.2) is 19.6 Å². The van der Waals surface area contributed by atoms with Gasteiger partial charge in [0.2, 0.25) is 0 Å². The summed E-state index contributed by atoms with van der Waals surface area (Å²) in [5, 5.41) is 3.39. The molecule has 2 aliphatic carbocycles. The Morgan fingerprint density at radius 2 is 1.71 bits per heavy atom. The lowest BCUT2D eigenvalue weighted by molar-refractivity contribution is 0.480. The molecule has 4 nitrogen and oxygen atoms in total. The van der Waals surface area contributed by atoms with Crippen molar-refractivity contribution in [3.05, 3.63) is 29.8 Å². The van der Waals surface area contributed by atoms with Crippen LogP contribution in [0.2, 0.25) is 0 Å². The topological polar surface area (TPSA) is 58.2 Å². The van der Waals surface area contributed by atoms with Gasteiger partial charge in [-0.1, -0.05) is 30.5 Å². The molecular weight excluding hydrogens is 304 g/mol. The summed E-state index contributed by atoms with van der Waals surface area (Å²) in [6, 6.07) is 7.11. The molecule has 0 heterocycles. The van der Waals surface area contributed by atoms with Crippen LogP contribution in [0, 0.1) is 18.8 Å². The molecule has 0 saturated heterocycles. The van der Waals surface area contributed by atoms with Crippen LogP contribution in [0.3, 0.4) is 0 Å². The molecule has 6 heteroatoms. The molecule has 0 unspecified atom stereocenters. The molecular formula is C15H20N2O2S2. The highest BCUT2D eigenvalue weighted by Gasteiger charge is 2.51. The van der Waals surface area contributed by atoms with Gasteiger partial charge in [0, 0.05) is 6.04 Å². The zero-order chi connectivity index (χ0) is 15.0. The molecule has 2 atom stereocenters. The highest BCUT2D eigenvalue weighted by Crippen LogP contribution is 2.49. The summed E-state index contributed by atoms with van der Waals surface area (Å²) < 4.78 is 26.9. The Morgan fingerprint density at radius 1 is 1.14 bits per heavy atom. The minimum Gasteiger partial charge on any atom is -0.359 e. The van der Waals surface area contributed by atoms with Gasteiger partial charge in [-0.05, 0) is 56.0 Å². The van der Waals surface area contributed by atoms with Crippen molar-refractivity contribution in [2.75, 3.05) is 0 Å². The Balaban J connectivity index is 1.60. The third kappa shape index (κ3) is 3.21. The highest BCUT2D eigenvalue weighted by molar-refractivity contribution is 7.91. The molecule has 2 saturated carbocycles. The van der Waals surface area contributed by atoms with Gasteiger partial charge >= 0.3 is 0 Å². The van der Waals surface area contributed by atoms with Crippen LogP contribution in [0.5, 0.6) is 0 Å². The first-order valence-corrected chi connectivity index (χ1v) is 9.26. The maximum atomic E-state index is 12.2. The average Bonchev–Trinajstić information content (AvgIpc) is 3.12. The van der Waals surface area contributed by atoms with E-state index in [4.69, 9.17) is 12.2 Å². The summed E-state index contributed by atoms with van der Waals surface area (Å²) in [6.07, 6.45) is 5.02. The van der Waals surface area contributed by atoms with Crippen molar-refractivity contribution in [2.45, 2.75) is 43.5 Å².